The molecule has 0 radical (unpaired) electrons. The molecular formula is C31H37N5O3. The maximum atomic E-state index is 12.0. The second-order valence-electron chi connectivity index (χ2n) is 11.0. The average Bonchev–Trinajstić information content (AvgIpc) is 3.07. The van der Waals surface area contributed by atoms with E-state index in [1.807, 2.05) is 18.0 Å². The van der Waals surface area contributed by atoms with Crippen molar-refractivity contribution in [2.45, 2.75) is 58.5 Å². The summed E-state index contributed by atoms with van der Waals surface area (Å²) in [6, 6.07) is 4.25. The van der Waals surface area contributed by atoms with Gasteiger partial charge in [0.1, 0.15) is 11.9 Å². The van der Waals surface area contributed by atoms with Crippen LogP contribution >= 0.6 is 0 Å². The number of aryl methyl sites for hydroxylation is 1. The smallest absolute Gasteiger partial charge is 0.298 e. The summed E-state index contributed by atoms with van der Waals surface area (Å²) in [5.41, 5.74) is 6.71. The van der Waals surface area contributed by atoms with Crippen LogP contribution in [0.25, 0.3) is 0 Å². The first-order valence-electron chi connectivity index (χ1n) is 14.2. The van der Waals surface area contributed by atoms with Gasteiger partial charge in [-0.25, -0.2) is 4.98 Å². The Kier molecular flexibility index (Phi) is 7.18. The first-order chi connectivity index (χ1) is 19.0. The van der Waals surface area contributed by atoms with E-state index in [1.54, 1.807) is 6.92 Å². The van der Waals surface area contributed by atoms with Crippen molar-refractivity contribution in [3.05, 3.63) is 46.9 Å². The zero-order valence-electron chi connectivity index (χ0n) is 23.1. The third-order valence-corrected chi connectivity index (χ3v) is 8.40. The number of rotatable bonds is 3. The van der Waals surface area contributed by atoms with Crippen LogP contribution in [0.1, 0.15) is 68.5 Å². The molecule has 0 unspecified atom stereocenters. The minimum Gasteiger partial charge on any atom is -0.482 e. The van der Waals surface area contributed by atoms with Crippen molar-refractivity contribution in [2.24, 2.45) is 5.92 Å². The maximum Gasteiger partial charge on any atom is 0.298 e. The van der Waals surface area contributed by atoms with Gasteiger partial charge < -0.3 is 24.6 Å². The molecule has 204 valence electrons. The highest BCUT2D eigenvalue weighted by Crippen LogP contribution is 2.47. The number of carbonyl (C=O) groups excluding carboxylic acids is 1. The molecule has 8 heteroatoms. The summed E-state index contributed by atoms with van der Waals surface area (Å²) in [6.45, 7) is 10.6. The Balaban J connectivity index is 1.15. The third kappa shape index (κ3) is 5.20. The second-order valence-corrected chi connectivity index (χ2v) is 11.0. The maximum absolute atomic E-state index is 12.0. The molecule has 0 bridgehead atoms. The molecule has 2 saturated heterocycles. The first kappa shape index (κ1) is 25.7. The Morgan fingerprint density at radius 2 is 1.95 bits per heavy atom. The summed E-state index contributed by atoms with van der Waals surface area (Å²) in [6.07, 6.45) is 8.29. The average molecular weight is 528 g/mol. The van der Waals surface area contributed by atoms with Gasteiger partial charge in [0.15, 0.2) is 5.75 Å². The van der Waals surface area contributed by atoms with Crippen LogP contribution < -0.4 is 15.0 Å². The number of pyridine rings is 2. The molecule has 0 aromatic carbocycles. The summed E-state index contributed by atoms with van der Waals surface area (Å²) >= 11 is 0. The van der Waals surface area contributed by atoms with Crippen LogP contribution in [0, 0.1) is 24.7 Å². The van der Waals surface area contributed by atoms with Gasteiger partial charge in [0.2, 0.25) is 0 Å². The van der Waals surface area contributed by atoms with Crippen LogP contribution in [0.5, 0.6) is 5.75 Å². The molecule has 8 nitrogen and oxygen atoms in total. The predicted molar refractivity (Wildman–Crippen MR) is 151 cm³/mol. The van der Waals surface area contributed by atoms with Crippen LogP contribution in [0.3, 0.4) is 0 Å². The first-order valence-corrected chi connectivity index (χ1v) is 14.2. The van der Waals surface area contributed by atoms with Crippen molar-refractivity contribution in [3.8, 4) is 17.6 Å². The molecule has 1 amide bonds. The van der Waals surface area contributed by atoms with Crippen molar-refractivity contribution >= 4 is 23.1 Å². The molecule has 39 heavy (non-hydrogen) atoms. The molecule has 1 saturated carbocycles. The zero-order valence-corrected chi connectivity index (χ0v) is 23.1. The van der Waals surface area contributed by atoms with Crippen LogP contribution in [0.4, 0.5) is 17.2 Å². The molecule has 2 aromatic rings. The number of amides is 1. The van der Waals surface area contributed by atoms with E-state index in [1.165, 1.54) is 5.57 Å². The Morgan fingerprint density at radius 3 is 2.69 bits per heavy atom. The highest BCUT2D eigenvalue weighted by atomic mass is 16.5. The summed E-state index contributed by atoms with van der Waals surface area (Å²) in [7, 11) is 0. The number of hydrogen-bond donors (Lipinski definition) is 1. The Bertz CT molecular complexity index is 1340. The molecule has 0 spiro atoms. The highest BCUT2D eigenvalue weighted by Gasteiger charge is 2.32. The van der Waals surface area contributed by atoms with Crippen molar-refractivity contribution in [1.82, 2.24) is 14.9 Å². The second kappa shape index (κ2) is 10.9. The standard InChI is InChI=1S/C31H37N5O3/c1-4-5-28(37)36-10-7-22(8-11-36)16-23-17-24(18-23)25-19-26-30(20(2)33-25)39-21(3)29-27(6-9-32-31(29)34-26)35-12-14-38-15-13-35/h6,9,16,19,21-22,24H,7-8,10-15,17-18H2,1-3H3,(H,32,34)/t21-,24?/m1/s1. The van der Waals surface area contributed by atoms with Gasteiger partial charge in [-0.15, -0.1) is 0 Å². The van der Waals surface area contributed by atoms with Gasteiger partial charge in [-0.2, -0.15) is 0 Å². The Labute approximate surface area is 230 Å². The van der Waals surface area contributed by atoms with Gasteiger partial charge in [-0.1, -0.05) is 17.6 Å². The quantitative estimate of drug-likeness (QED) is 0.450. The van der Waals surface area contributed by atoms with Gasteiger partial charge in [-0.05, 0) is 70.4 Å². The largest absolute Gasteiger partial charge is 0.482 e. The molecule has 3 aliphatic heterocycles. The lowest BCUT2D eigenvalue weighted by Crippen LogP contribution is -2.37. The third-order valence-electron chi connectivity index (χ3n) is 8.40. The number of allylic oxidation sites excluding steroid dienone is 2. The number of ether oxygens (including phenoxy) is 2. The number of fused-ring (bicyclic) bond motifs is 2. The molecule has 4 aliphatic rings. The summed E-state index contributed by atoms with van der Waals surface area (Å²) in [5.74, 6) is 7.95. The Hall–Kier alpha value is -3.57. The van der Waals surface area contributed by atoms with E-state index in [4.69, 9.17) is 19.4 Å². The number of nitrogens with zero attached hydrogens (tertiary/aromatic N) is 4. The van der Waals surface area contributed by atoms with Crippen molar-refractivity contribution in [1.29, 1.82) is 0 Å². The van der Waals surface area contributed by atoms with E-state index in [-0.39, 0.29) is 12.0 Å². The number of carbonyl (C=O) groups is 1. The van der Waals surface area contributed by atoms with E-state index in [0.717, 1.165) is 105 Å². The fraction of sp³-hybridized carbons (Fsp3) is 0.516. The molecule has 2 aromatic heterocycles. The number of hydrogen-bond acceptors (Lipinski definition) is 7. The monoisotopic (exact) mass is 527 g/mol. The summed E-state index contributed by atoms with van der Waals surface area (Å²) in [4.78, 5) is 26.0. The van der Waals surface area contributed by atoms with Gasteiger partial charge in [0.05, 0.1) is 30.2 Å². The van der Waals surface area contributed by atoms with Crippen LogP contribution in [0.15, 0.2) is 30.0 Å². The summed E-state index contributed by atoms with van der Waals surface area (Å²) in [5, 5.41) is 3.61. The van der Waals surface area contributed by atoms with Crippen molar-refractivity contribution in [2.75, 3.05) is 49.6 Å². The van der Waals surface area contributed by atoms with Gasteiger partial charge in [-0.3, -0.25) is 9.78 Å². The van der Waals surface area contributed by atoms with Crippen LogP contribution in [0.2, 0.25) is 0 Å². The van der Waals surface area contributed by atoms with Gasteiger partial charge in [0, 0.05) is 49.7 Å². The van der Waals surface area contributed by atoms with E-state index in [9.17, 15) is 4.79 Å². The normalized spacial score (nSPS) is 22.7. The van der Waals surface area contributed by atoms with Crippen molar-refractivity contribution in [3.63, 3.8) is 0 Å². The van der Waals surface area contributed by atoms with Crippen molar-refractivity contribution < 1.29 is 14.3 Å². The molecule has 3 fully saturated rings. The Morgan fingerprint density at radius 1 is 1.18 bits per heavy atom. The number of nitrogens with one attached hydrogen (secondary N) is 1. The molecule has 1 atom stereocenters. The fourth-order valence-corrected chi connectivity index (χ4v) is 6.25. The van der Waals surface area contributed by atoms with E-state index >= 15 is 0 Å². The number of anilines is 3. The number of piperidine rings is 1. The number of morpholine rings is 1. The molecule has 1 N–H and O–H groups in total. The lowest BCUT2D eigenvalue weighted by atomic mass is 9.75. The molecular weight excluding hydrogens is 490 g/mol. The van der Waals surface area contributed by atoms with Crippen LogP contribution in [-0.2, 0) is 9.53 Å². The predicted octanol–water partition coefficient (Wildman–Crippen LogP) is 4.88. The topological polar surface area (TPSA) is 79.8 Å². The lowest BCUT2D eigenvalue weighted by Gasteiger charge is -2.33. The lowest BCUT2D eigenvalue weighted by molar-refractivity contribution is -0.126. The van der Waals surface area contributed by atoms with Crippen LogP contribution in [-0.4, -0.2) is 60.2 Å². The highest BCUT2D eigenvalue weighted by molar-refractivity contribution is 5.93. The van der Waals surface area contributed by atoms with Gasteiger partial charge >= 0.3 is 0 Å². The van der Waals surface area contributed by atoms with E-state index < -0.39 is 0 Å². The number of likely N-dealkylation sites (tertiary alicyclic amines) is 1. The van der Waals surface area contributed by atoms with E-state index in [2.05, 4.69) is 47.2 Å². The van der Waals surface area contributed by atoms with E-state index in [0.29, 0.717) is 11.8 Å². The van der Waals surface area contributed by atoms with Gasteiger partial charge in [0.25, 0.3) is 5.91 Å². The minimum absolute atomic E-state index is 0.0425. The molecule has 6 rings (SSSR count). The SMILES string of the molecule is CC#CC(=O)N1CCC(C=C2CC(c3cc4c(c(C)n3)O[C@H](C)c3c(N5CCOCC5)ccnc3N4)C2)CC1. The molecule has 5 heterocycles. The molecule has 1 aliphatic carbocycles. The number of aromatic nitrogens is 2. The zero-order chi connectivity index (χ0) is 26.9. The fourth-order valence-electron chi connectivity index (χ4n) is 6.25. The minimum atomic E-state index is -0.152. The summed E-state index contributed by atoms with van der Waals surface area (Å²) < 4.78 is 12.1.